The molecule has 0 radical (unpaired) electrons. The minimum absolute atomic E-state index is 0.0684. The molecule has 0 fully saturated rings. The maximum absolute atomic E-state index is 12.1. The van der Waals surface area contributed by atoms with E-state index >= 15 is 0 Å². The fourth-order valence-electron chi connectivity index (χ4n) is 1.73. The Labute approximate surface area is 139 Å². The van der Waals surface area contributed by atoms with Gasteiger partial charge in [0.1, 0.15) is 6.42 Å². The molecule has 0 aromatic heterocycles. The molecule has 1 aromatic carbocycles. The summed E-state index contributed by atoms with van der Waals surface area (Å²) < 4.78 is 0. The molecule has 0 saturated heterocycles. The smallest absolute Gasteiger partial charge is 0.232 e. The van der Waals surface area contributed by atoms with Crippen molar-refractivity contribution in [3.8, 4) is 12.3 Å². The zero-order valence-electron chi connectivity index (χ0n) is 11.8. The third kappa shape index (κ3) is 5.94. The van der Waals surface area contributed by atoms with E-state index in [1.807, 2.05) is 0 Å². The molecule has 1 aromatic rings. The van der Waals surface area contributed by atoms with Gasteiger partial charge in [-0.3, -0.25) is 9.59 Å². The number of rotatable bonds is 7. The van der Waals surface area contributed by atoms with Crippen molar-refractivity contribution in [2.24, 2.45) is 0 Å². The van der Waals surface area contributed by atoms with E-state index in [0.717, 1.165) is 5.56 Å². The van der Waals surface area contributed by atoms with Crippen LogP contribution in [-0.4, -0.2) is 41.5 Å². The summed E-state index contributed by atoms with van der Waals surface area (Å²) in [7, 11) is 0. The Hall–Kier alpha value is -1.74. The lowest BCUT2D eigenvalue weighted by Crippen LogP contribution is -2.37. The van der Waals surface area contributed by atoms with Gasteiger partial charge in [0.15, 0.2) is 0 Å². The Kier molecular flexibility index (Phi) is 7.75. The maximum atomic E-state index is 12.1. The second-order valence-electron chi connectivity index (χ2n) is 4.44. The molecular formula is C15H16Cl2N2O3. The van der Waals surface area contributed by atoms with Gasteiger partial charge in [0, 0.05) is 13.1 Å². The number of aliphatic hydroxyl groups is 1. The molecule has 0 heterocycles. The normalized spacial score (nSPS) is 9.91. The van der Waals surface area contributed by atoms with E-state index in [1.54, 1.807) is 18.2 Å². The van der Waals surface area contributed by atoms with Gasteiger partial charge in [-0.1, -0.05) is 35.2 Å². The van der Waals surface area contributed by atoms with Crippen LogP contribution in [0, 0.1) is 12.3 Å². The molecular weight excluding hydrogens is 327 g/mol. The van der Waals surface area contributed by atoms with Crippen LogP contribution in [0.5, 0.6) is 0 Å². The van der Waals surface area contributed by atoms with Gasteiger partial charge in [-0.2, -0.15) is 0 Å². The molecule has 0 bridgehead atoms. The molecule has 1 rings (SSSR count). The van der Waals surface area contributed by atoms with Crippen LogP contribution in [0.15, 0.2) is 18.2 Å². The van der Waals surface area contributed by atoms with Gasteiger partial charge < -0.3 is 15.3 Å². The van der Waals surface area contributed by atoms with E-state index < -0.39 is 11.8 Å². The lowest BCUT2D eigenvalue weighted by atomic mass is 10.2. The number of carbonyl (C=O) groups excluding carboxylic acids is 2. The molecule has 0 aliphatic carbocycles. The van der Waals surface area contributed by atoms with Gasteiger partial charge in [0.05, 0.1) is 23.2 Å². The summed E-state index contributed by atoms with van der Waals surface area (Å²) in [6.07, 6.45) is 4.70. The van der Waals surface area contributed by atoms with Crippen LogP contribution < -0.4 is 5.32 Å². The molecule has 0 spiro atoms. The standard InChI is InChI=1S/C15H16Cl2N2O3/c1-2-5-18-14(21)9-15(22)19(6-7-20)10-11-3-4-12(16)13(17)8-11/h1,3-4,8,20H,5-7,9-10H2,(H,18,21). The Morgan fingerprint density at radius 1 is 1.32 bits per heavy atom. The largest absolute Gasteiger partial charge is 0.395 e. The minimum Gasteiger partial charge on any atom is -0.395 e. The summed E-state index contributed by atoms with van der Waals surface area (Å²) in [4.78, 5) is 25.0. The summed E-state index contributed by atoms with van der Waals surface area (Å²) in [5, 5.41) is 12.3. The molecule has 7 heteroatoms. The highest BCUT2D eigenvalue weighted by molar-refractivity contribution is 6.42. The van der Waals surface area contributed by atoms with Crippen molar-refractivity contribution in [2.45, 2.75) is 13.0 Å². The minimum atomic E-state index is -0.458. The first-order chi connectivity index (χ1) is 10.5. The molecule has 2 N–H and O–H groups in total. The maximum Gasteiger partial charge on any atom is 0.232 e. The predicted molar refractivity (Wildman–Crippen MR) is 85.4 cm³/mol. The Morgan fingerprint density at radius 3 is 2.64 bits per heavy atom. The zero-order valence-corrected chi connectivity index (χ0v) is 13.3. The molecule has 0 unspecified atom stereocenters. The molecule has 22 heavy (non-hydrogen) atoms. The fraction of sp³-hybridized carbons (Fsp3) is 0.333. The first-order valence-electron chi connectivity index (χ1n) is 6.50. The van der Waals surface area contributed by atoms with Crippen LogP contribution in [0.3, 0.4) is 0 Å². The van der Waals surface area contributed by atoms with Crippen molar-refractivity contribution in [2.75, 3.05) is 19.7 Å². The van der Waals surface area contributed by atoms with Crippen molar-refractivity contribution in [3.05, 3.63) is 33.8 Å². The summed E-state index contributed by atoms with van der Waals surface area (Å²) in [5.41, 5.74) is 0.750. The highest BCUT2D eigenvalue weighted by Crippen LogP contribution is 2.23. The van der Waals surface area contributed by atoms with E-state index in [-0.39, 0.29) is 32.7 Å². The highest BCUT2D eigenvalue weighted by Gasteiger charge is 2.17. The third-order valence-electron chi connectivity index (χ3n) is 2.78. The van der Waals surface area contributed by atoms with Crippen LogP contribution in [-0.2, 0) is 16.1 Å². The van der Waals surface area contributed by atoms with Gasteiger partial charge in [-0.15, -0.1) is 6.42 Å². The average Bonchev–Trinajstić information content (AvgIpc) is 2.48. The number of nitrogens with one attached hydrogen (secondary N) is 1. The summed E-state index contributed by atoms with van der Waals surface area (Å²) in [6.45, 7) is 0.193. The van der Waals surface area contributed by atoms with Crippen molar-refractivity contribution in [1.82, 2.24) is 10.2 Å². The second kappa shape index (κ2) is 9.31. The molecule has 0 aliphatic rings. The van der Waals surface area contributed by atoms with E-state index in [2.05, 4.69) is 11.2 Å². The monoisotopic (exact) mass is 342 g/mol. The number of amides is 2. The van der Waals surface area contributed by atoms with Gasteiger partial charge in [-0.25, -0.2) is 0 Å². The SMILES string of the molecule is C#CCNC(=O)CC(=O)N(CCO)Cc1ccc(Cl)c(Cl)c1. The molecule has 0 aliphatic heterocycles. The van der Waals surface area contributed by atoms with Crippen LogP contribution in [0.25, 0.3) is 0 Å². The first-order valence-corrected chi connectivity index (χ1v) is 7.26. The van der Waals surface area contributed by atoms with Crippen LogP contribution in [0.2, 0.25) is 10.0 Å². The third-order valence-corrected chi connectivity index (χ3v) is 3.52. The van der Waals surface area contributed by atoms with Gasteiger partial charge in [-0.05, 0) is 17.7 Å². The number of hydrogen-bond acceptors (Lipinski definition) is 3. The predicted octanol–water partition coefficient (Wildman–Crippen LogP) is 1.45. The van der Waals surface area contributed by atoms with E-state index in [0.29, 0.717) is 10.0 Å². The fourth-order valence-corrected chi connectivity index (χ4v) is 2.05. The number of benzene rings is 1. The lowest BCUT2D eigenvalue weighted by Gasteiger charge is -2.22. The van der Waals surface area contributed by atoms with Gasteiger partial charge in [0.2, 0.25) is 11.8 Å². The number of halogens is 2. The van der Waals surface area contributed by atoms with E-state index in [4.69, 9.17) is 34.7 Å². The molecule has 0 saturated carbocycles. The van der Waals surface area contributed by atoms with Crippen LogP contribution in [0.4, 0.5) is 0 Å². The molecule has 5 nitrogen and oxygen atoms in total. The number of terminal acetylenes is 1. The van der Waals surface area contributed by atoms with Crippen LogP contribution in [0.1, 0.15) is 12.0 Å². The summed E-state index contributed by atoms with van der Waals surface area (Å²) in [5.74, 6) is 1.39. The number of hydrogen-bond donors (Lipinski definition) is 2. The Morgan fingerprint density at radius 2 is 2.05 bits per heavy atom. The van der Waals surface area contributed by atoms with Gasteiger partial charge in [0.25, 0.3) is 0 Å². The number of nitrogens with zero attached hydrogens (tertiary/aromatic N) is 1. The van der Waals surface area contributed by atoms with Crippen molar-refractivity contribution in [1.29, 1.82) is 0 Å². The quantitative estimate of drug-likeness (QED) is 0.582. The first kappa shape index (κ1) is 18.3. The van der Waals surface area contributed by atoms with E-state index in [1.165, 1.54) is 4.90 Å². The highest BCUT2D eigenvalue weighted by atomic mass is 35.5. The van der Waals surface area contributed by atoms with Crippen molar-refractivity contribution in [3.63, 3.8) is 0 Å². The molecule has 0 atom stereocenters. The molecule has 2 amide bonds. The number of aliphatic hydroxyl groups excluding tert-OH is 1. The van der Waals surface area contributed by atoms with Crippen molar-refractivity contribution >= 4 is 35.0 Å². The summed E-state index contributed by atoms with van der Waals surface area (Å²) >= 11 is 11.8. The Bertz CT molecular complexity index is 585. The topological polar surface area (TPSA) is 69.6 Å². The van der Waals surface area contributed by atoms with Crippen molar-refractivity contribution < 1.29 is 14.7 Å². The number of carbonyl (C=O) groups is 2. The van der Waals surface area contributed by atoms with E-state index in [9.17, 15) is 9.59 Å². The second-order valence-corrected chi connectivity index (χ2v) is 5.26. The summed E-state index contributed by atoms with van der Waals surface area (Å²) in [6, 6.07) is 4.99. The molecule has 118 valence electrons. The Balaban J connectivity index is 2.71. The van der Waals surface area contributed by atoms with Gasteiger partial charge >= 0.3 is 0 Å². The zero-order chi connectivity index (χ0) is 16.5. The van der Waals surface area contributed by atoms with Crippen LogP contribution >= 0.6 is 23.2 Å². The lowest BCUT2D eigenvalue weighted by molar-refractivity contribution is -0.136. The average molecular weight is 343 g/mol.